The van der Waals surface area contributed by atoms with Crippen LogP contribution in [-0.2, 0) is 9.47 Å². The van der Waals surface area contributed by atoms with E-state index in [4.69, 9.17) is 9.47 Å². The maximum atomic E-state index is 5.25. The normalized spacial score (nSPS) is 31.2. The molecule has 0 spiro atoms. The molecular weight excluding hydrogens is 130 g/mol. The second-order valence-corrected chi connectivity index (χ2v) is 2.71. The van der Waals surface area contributed by atoms with E-state index < -0.39 is 0 Å². The molecule has 0 bridgehead atoms. The smallest absolute Gasteiger partial charge is 0.137 e. The van der Waals surface area contributed by atoms with Gasteiger partial charge in [-0.05, 0) is 14.0 Å². The Balaban J connectivity index is 2.04. The zero-order chi connectivity index (χ0) is 7.56. The minimum Gasteiger partial charge on any atom is -0.383 e. The van der Waals surface area contributed by atoms with Gasteiger partial charge in [-0.25, -0.2) is 0 Å². The Morgan fingerprint density at radius 3 is 2.60 bits per heavy atom. The predicted molar refractivity (Wildman–Crippen MR) is 38.8 cm³/mol. The highest BCUT2D eigenvalue weighted by Crippen LogP contribution is 2.23. The third-order valence-electron chi connectivity index (χ3n) is 1.76. The average Bonchev–Trinajstić information content (AvgIpc) is 2.62. The molecule has 1 saturated heterocycles. The van der Waals surface area contributed by atoms with Crippen molar-refractivity contribution < 1.29 is 9.47 Å². The minimum atomic E-state index is 0.343. The van der Waals surface area contributed by atoms with E-state index in [1.165, 1.54) is 0 Å². The first-order chi connectivity index (χ1) is 4.75. The maximum Gasteiger partial charge on any atom is 0.137 e. The fourth-order valence-electron chi connectivity index (χ4n) is 0.999. The van der Waals surface area contributed by atoms with Gasteiger partial charge in [0, 0.05) is 13.7 Å². The molecule has 1 rings (SSSR count). The first-order valence-electron chi connectivity index (χ1n) is 3.60. The van der Waals surface area contributed by atoms with Crippen molar-refractivity contribution in [2.75, 3.05) is 27.3 Å². The molecule has 0 aliphatic carbocycles. The van der Waals surface area contributed by atoms with Crippen LogP contribution in [0.25, 0.3) is 0 Å². The van der Waals surface area contributed by atoms with Crippen molar-refractivity contribution in [2.45, 2.75) is 19.3 Å². The van der Waals surface area contributed by atoms with Crippen molar-refractivity contribution >= 4 is 0 Å². The summed E-state index contributed by atoms with van der Waals surface area (Å²) in [5.41, 5.74) is 0. The number of nitrogens with zero attached hydrogens (tertiary/aromatic N) is 1. The van der Waals surface area contributed by atoms with Gasteiger partial charge in [0.1, 0.15) is 6.23 Å². The van der Waals surface area contributed by atoms with E-state index in [1.807, 2.05) is 7.05 Å². The molecule has 3 nitrogen and oxygen atoms in total. The Hall–Kier alpha value is -0.120. The van der Waals surface area contributed by atoms with E-state index in [0.717, 1.165) is 13.2 Å². The summed E-state index contributed by atoms with van der Waals surface area (Å²) >= 11 is 0. The summed E-state index contributed by atoms with van der Waals surface area (Å²) in [7, 11) is 3.76. The van der Waals surface area contributed by atoms with Crippen molar-refractivity contribution in [3.05, 3.63) is 0 Å². The van der Waals surface area contributed by atoms with Crippen LogP contribution in [0.3, 0.4) is 0 Å². The third kappa shape index (κ3) is 1.94. The molecule has 0 amide bonds. The molecule has 0 saturated carbocycles. The van der Waals surface area contributed by atoms with Crippen LogP contribution < -0.4 is 0 Å². The summed E-state index contributed by atoms with van der Waals surface area (Å²) in [5, 5.41) is 0. The van der Waals surface area contributed by atoms with Crippen LogP contribution in [0.15, 0.2) is 0 Å². The summed E-state index contributed by atoms with van der Waals surface area (Å²) in [5.74, 6) is 0. The van der Waals surface area contributed by atoms with E-state index in [0.29, 0.717) is 12.3 Å². The summed E-state index contributed by atoms with van der Waals surface area (Å²) in [6.45, 7) is 3.81. The average molecular weight is 145 g/mol. The zero-order valence-corrected chi connectivity index (χ0v) is 6.83. The number of methoxy groups -OCH3 is 1. The lowest BCUT2D eigenvalue weighted by molar-refractivity contribution is 0.133. The molecule has 1 aliphatic heterocycles. The number of epoxide rings is 1. The Labute approximate surface area is 61.9 Å². The number of ether oxygens (including phenoxy) is 2. The maximum absolute atomic E-state index is 5.25. The molecule has 1 aliphatic rings. The molecule has 0 aromatic heterocycles. The van der Waals surface area contributed by atoms with Crippen molar-refractivity contribution in [1.29, 1.82) is 0 Å². The van der Waals surface area contributed by atoms with E-state index in [-0.39, 0.29) is 0 Å². The van der Waals surface area contributed by atoms with Crippen molar-refractivity contribution in [1.82, 2.24) is 4.90 Å². The van der Waals surface area contributed by atoms with Crippen LogP contribution in [0.1, 0.15) is 6.92 Å². The fraction of sp³-hybridized carbons (Fsp3) is 1.00. The third-order valence-corrected chi connectivity index (χ3v) is 1.76. The molecule has 2 unspecified atom stereocenters. The second kappa shape index (κ2) is 3.32. The molecule has 1 fully saturated rings. The molecule has 3 heteroatoms. The van der Waals surface area contributed by atoms with Crippen LogP contribution >= 0.6 is 0 Å². The lowest BCUT2D eigenvalue weighted by atomic mass is 10.4. The topological polar surface area (TPSA) is 25.0 Å². The Morgan fingerprint density at radius 2 is 2.20 bits per heavy atom. The number of rotatable bonds is 4. The standard InChI is InChI=1S/C7H15NO2/c1-6-7(10-6)8(2)4-5-9-3/h6-7H,4-5H2,1-3H3. The number of likely N-dealkylation sites (N-methyl/N-ethyl adjacent to an activating group) is 1. The van der Waals surface area contributed by atoms with Crippen LogP contribution in [0, 0.1) is 0 Å². The lowest BCUT2D eigenvalue weighted by Gasteiger charge is -2.11. The van der Waals surface area contributed by atoms with Gasteiger partial charge in [0.25, 0.3) is 0 Å². The van der Waals surface area contributed by atoms with Gasteiger partial charge < -0.3 is 9.47 Å². The first-order valence-corrected chi connectivity index (χ1v) is 3.60. The van der Waals surface area contributed by atoms with Gasteiger partial charge >= 0.3 is 0 Å². The monoisotopic (exact) mass is 145 g/mol. The fourth-order valence-corrected chi connectivity index (χ4v) is 0.999. The zero-order valence-electron chi connectivity index (χ0n) is 6.83. The molecule has 0 aromatic rings. The SMILES string of the molecule is COCCN(C)C1OC1C. The van der Waals surface area contributed by atoms with Gasteiger partial charge in [0.05, 0.1) is 12.7 Å². The molecule has 0 N–H and O–H groups in total. The minimum absolute atomic E-state index is 0.343. The summed E-state index contributed by atoms with van der Waals surface area (Å²) in [6, 6.07) is 0. The van der Waals surface area contributed by atoms with Crippen LogP contribution in [-0.4, -0.2) is 44.5 Å². The Bertz CT molecular complexity index is 108. The summed E-state index contributed by atoms with van der Waals surface area (Å²) in [4.78, 5) is 2.16. The highest BCUT2D eigenvalue weighted by Gasteiger charge is 2.37. The van der Waals surface area contributed by atoms with Crippen LogP contribution in [0.4, 0.5) is 0 Å². The predicted octanol–water partition coefficient (Wildman–Crippen LogP) is 0.309. The highest BCUT2D eigenvalue weighted by atomic mass is 16.6. The number of hydrogen-bond acceptors (Lipinski definition) is 3. The van der Waals surface area contributed by atoms with Crippen molar-refractivity contribution in [2.24, 2.45) is 0 Å². The van der Waals surface area contributed by atoms with Gasteiger partial charge in [-0.15, -0.1) is 0 Å². The van der Waals surface area contributed by atoms with Gasteiger partial charge in [-0.3, -0.25) is 4.90 Å². The van der Waals surface area contributed by atoms with E-state index >= 15 is 0 Å². The quantitative estimate of drug-likeness (QED) is 0.532. The Kier molecular flexibility index (Phi) is 2.65. The summed E-state index contributed by atoms with van der Waals surface area (Å²) < 4.78 is 10.2. The van der Waals surface area contributed by atoms with Gasteiger partial charge in [-0.1, -0.05) is 0 Å². The lowest BCUT2D eigenvalue weighted by Crippen LogP contribution is -2.26. The molecule has 60 valence electrons. The molecule has 2 atom stereocenters. The van der Waals surface area contributed by atoms with Crippen LogP contribution in [0.2, 0.25) is 0 Å². The van der Waals surface area contributed by atoms with Crippen molar-refractivity contribution in [3.63, 3.8) is 0 Å². The van der Waals surface area contributed by atoms with E-state index in [1.54, 1.807) is 7.11 Å². The largest absolute Gasteiger partial charge is 0.383 e. The van der Waals surface area contributed by atoms with Gasteiger partial charge in [0.15, 0.2) is 0 Å². The molecule has 10 heavy (non-hydrogen) atoms. The summed E-state index contributed by atoms with van der Waals surface area (Å²) in [6.07, 6.45) is 0.761. The molecule has 0 aromatic carbocycles. The number of hydrogen-bond donors (Lipinski definition) is 0. The Morgan fingerprint density at radius 1 is 1.60 bits per heavy atom. The molecule has 1 heterocycles. The van der Waals surface area contributed by atoms with Gasteiger partial charge in [0.2, 0.25) is 0 Å². The second-order valence-electron chi connectivity index (χ2n) is 2.71. The first kappa shape index (κ1) is 7.98. The van der Waals surface area contributed by atoms with E-state index in [9.17, 15) is 0 Å². The van der Waals surface area contributed by atoms with Crippen LogP contribution in [0.5, 0.6) is 0 Å². The highest BCUT2D eigenvalue weighted by molar-refractivity contribution is 4.78. The molecular formula is C7H15NO2. The molecule has 0 radical (unpaired) electrons. The van der Waals surface area contributed by atoms with E-state index in [2.05, 4.69) is 11.8 Å². The van der Waals surface area contributed by atoms with Gasteiger partial charge in [-0.2, -0.15) is 0 Å². The van der Waals surface area contributed by atoms with Crippen molar-refractivity contribution in [3.8, 4) is 0 Å².